The second-order valence-electron chi connectivity index (χ2n) is 2.51. The largest absolute Gasteiger partial charge is 0.477 e. The van der Waals surface area contributed by atoms with Crippen molar-refractivity contribution in [1.82, 2.24) is 0 Å². The quantitative estimate of drug-likeness (QED) is 0.700. The number of aliphatic carboxylic acids is 1. The summed E-state index contributed by atoms with van der Waals surface area (Å²) in [6, 6.07) is 0. The first kappa shape index (κ1) is 9.19. The number of rotatable bonds is 1. The molecule has 4 heteroatoms. The van der Waals surface area contributed by atoms with Gasteiger partial charge < -0.3 is 5.11 Å². The predicted octanol–water partition coefficient (Wildman–Crippen LogP) is 1.95. The molecule has 0 aromatic carbocycles. The van der Waals surface area contributed by atoms with E-state index >= 15 is 0 Å². The maximum atomic E-state index is 10.5. The van der Waals surface area contributed by atoms with E-state index in [2.05, 4.69) is 20.9 Å². The highest BCUT2D eigenvalue weighted by Gasteiger charge is 2.09. The fraction of sp³-hybridized carbons (Fsp3) is 0.250. The van der Waals surface area contributed by atoms with Gasteiger partial charge in [-0.05, 0) is 34.0 Å². The van der Waals surface area contributed by atoms with E-state index in [0.717, 1.165) is 0 Å². The number of allylic oxidation sites excluding steroid dienone is 2. The number of nitrogens with zero attached hydrogens (tertiary/aromatic N) is 1. The third-order valence-corrected chi connectivity index (χ3v) is 1.85. The van der Waals surface area contributed by atoms with Crippen molar-refractivity contribution in [2.24, 2.45) is 10.9 Å². The number of aliphatic imine (C=N–C) groups is 1. The summed E-state index contributed by atoms with van der Waals surface area (Å²) in [7, 11) is 0. The molecule has 1 rings (SSSR count). The van der Waals surface area contributed by atoms with Gasteiger partial charge in [0.1, 0.15) is 10.3 Å². The van der Waals surface area contributed by atoms with Crippen LogP contribution in [0.2, 0.25) is 0 Å². The Kier molecular flexibility index (Phi) is 2.81. The molecule has 0 aliphatic carbocycles. The first-order valence-electron chi connectivity index (χ1n) is 3.47. The van der Waals surface area contributed by atoms with Crippen LogP contribution in [0.25, 0.3) is 0 Å². The fourth-order valence-corrected chi connectivity index (χ4v) is 1.43. The van der Waals surface area contributed by atoms with Crippen molar-refractivity contribution in [3.05, 3.63) is 22.8 Å². The molecule has 0 aromatic heterocycles. The molecule has 1 heterocycles. The molecule has 64 valence electrons. The van der Waals surface area contributed by atoms with Gasteiger partial charge in [0.25, 0.3) is 0 Å². The second-order valence-corrected chi connectivity index (χ2v) is 3.32. The van der Waals surface area contributed by atoms with Crippen LogP contribution in [0.1, 0.15) is 6.92 Å². The Balaban J connectivity index is 2.98. The molecule has 1 aliphatic rings. The lowest BCUT2D eigenvalue weighted by molar-refractivity contribution is -0.129. The molecule has 1 N–H and O–H groups in total. The van der Waals surface area contributed by atoms with E-state index in [1.807, 2.05) is 13.0 Å². The minimum atomic E-state index is -1.01. The monoisotopic (exact) mass is 229 g/mol. The molecule has 12 heavy (non-hydrogen) atoms. The molecule has 0 saturated heterocycles. The summed E-state index contributed by atoms with van der Waals surface area (Å²) in [6.45, 7) is 1.96. The number of carbonyl (C=O) groups is 1. The summed E-state index contributed by atoms with van der Waals surface area (Å²) in [6.07, 6.45) is 5.14. The number of hydrogen-bond donors (Lipinski definition) is 1. The number of carboxylic acid groups (broad SMARTS) is 1. The van der Waals surface area contributed by atoms with Crippen LogP contribution in [0.3, 0.4) is 0 Å². The maximum absolute atomic E-state index is 10.5. The Morgan fingerprint density at radius 1 is 1.75 bits per heavy atom. The van der Waals surface area contributed by atoms with Crippen LogP contribution >= 0.6 is 15.9 Å². The third kappa shape index (κ3) is 2.30. The SMILES string of the molecule is CC1C=CC(C(=O)O)=NC(Br)=C1. The van der Waals surface area contributed by atoms with Crippen molar-refractivity contribution in [2.75, 3.05) is 0 Å². The van der Waals surface area contributed by atoms with Crippen LogP contribution in [-0.2, 0) is 4.79 Å². The molecular weight excluding hydrogens is 222 g/mol. The van der Waals surface area contributed by atoms with Gasteiger partial charge in [0.2, 0.25) is 0 Å². The van der Waals surface area contributed by atoms with E-state index < -0.39 is 5.97 Å². The highest BCUT2D eigenvalue weighted by molar-refractivity contribution is 9.11. The molecular formula is C8H8BrNO2. The zero-order valence-electron chi connectivity index (χ0n) is 6.49. The zero-order valence-corrected chi connectivity index (χ0v) is 8.08. The van der Waals surface area contributed by atoms with Crippen molar-refractivity contribution in [3.8, 4) is 0 Å². The highest BCUT2D eigenvalue weighted by Crippen LogP contribution is 2.15. The van der Waals surface area contributed by atoms with Gasteiger partial charge >= 0.3 is 5.97 Å². The van der Waals surface area contributed by atoms with E-state index in [-0.39, 0.29) is 11.6 Å². The van der Waals surface area contributed by atoms with Gasteiger partial charge in [-0.2, -0.15) is 0 Å². The van der Waals surface area contributed by atoms with Crippen LogP contribution in [-0.4, -0.2) is 16.8 Å². The van der Waals surface area contributed by atoms with Gasteiger partial charge in [-0.25, -0.2) is 9.79 Å². The minimum absolute atomic E-state index is 0.0578. The summed E-state index contributed by atoms with van der Waals surface area (Å²) in [5, 5.41) is 8.64. The number of carboxylic acids is 1. The van der Waals surface area contributed by atoms with E-state index in [1.165, 1.54) is 6.08 Å². The van der Waals surface area contributed by atoms with Gasteiger partial charge in [0, 0.05) is 0 Å². The Bertz CT molecular complexity index is 291. The molecule has 1 aliphatic heterocycles. The number of halogens is 1. The van der Waals surface area contributed by atoms with Crippen molar-refractivity contribution in [3.63, 3.8) is 0 Å². The van der Waals surface area contributed by atoms with Crippen molar-refractivity contribution in [1.29, 1.82) is 0 Å². The van der Waals surface area contributed by atoms with Crippen LogP contribution in [0.5, 0.6) is 0 Å². The molecule has 1 atom stereocenters. The first-order valence-corrected chi connectivity index (χ1v) is 4.26. The van der Waals surface area contributed by atoms with E-state index in [4.69, 9.17) is 5.11 Å². The summed E-state index contributed by atoms with van der Waals surface area (Å²) in [5.74, 6) is -0.800. The van der Waals surface area contributed by atoms with Crippen molar-refractivity contribution in [2.45, 2.75) is 6.92 Å². The lowest BCUT2D eigenvalue weighted by Gasteiger charge is -1.92. The lowest BCUT2D eigenvalue weighted by atomic mass is 10.1. The van der Waals surface area contributed by atoms with E-state index in [0.29, 0.717) is 4.61 Å². The molecule has 0 aromatic rings. The molecule has 3 nitrogen and oxygen atoms in total. The van der Waals surface area contributed by atoms with Gasteiger partial charge in [0.05, 0.1) is 0 Å². The molecule has 1 unspecified atom stereocenters. The first-order chi connectivity index (χ1) is 5.59. The fourth-order valence-electron chi connectivity index (χ4n) is 0.824. The highest BCUT2D eigenvalue weighted by atomic mass is 79.9. The average Bonchev–Trinajstić information content (AvgIpc) is 2.11. The summed E-state index contributed by atoms with van der Waals surface area (Å²) in [5.41, 5.74) is 0.0578. The molecule has 0 spiro atoms. The predicted molar refractivity (Wildman–Crippen MR) is 50.4 cm³/mol. The molecule has 0 amide bonds. The van der Waals surface area contributed by atoms with Crippen LogP contribution in [0.4, 0.5) is 0 Å². The Labute approximate surface area is 78.6 Å². The standard InChI is InChI=1S/C8H8BrNO2/c1-5-2-3-6(8(11)12)10-7(9)4-5/h2-5H,1H3,(H,11,12). The summed E-state index contributed by atoms with van der Waals surface area (Å²) in [4.78, 5) is 14.4. The third-order valence-electron chi connectivity index (χ3n) is 1.40. The molecule has 0 saturated carbocycles. The van der Waals surface area contributed by atoms with E-state index in [9.17, 15) is 4.79 Å². The van der Waals surface area contributed by atoms with Crippen LogP contribution in [0, 0.1) is 5.92 Å². The minimum Gasteiger partial charge on any atom is -0.477 e. The Morgan fingerprint density at radius 3 is 3.00 bits per heavy atom. The van der Waals surface area contributed by atoms with Crippen LogP contribution < -0.4 is 0 Å². The zero-order chi connectivity index (χ0) is 9.14. The van der Waals surface area contributed by atoms with E-state index in [1.54, 1.807) is 6.08 Å². The van der Waals surface area contributed by atoms with Crippen molar-refractivity contribution < 1.29 is 9.90 Å². The van der Waals surface area contributed by atoms with Gasteiger partial charge in [-0.3, -0.25) is 0 Å². The van der Waals surface area contributed by atoms with Gasteiger partial charge in [-0.1, -0.05) is 13.0 Å². The summed E-state index contributed by atoms with van der Waals surface area (Å²) < 4.78 is 0.567. The Morgan fingerprint density at radius 2 is 2.42 bits per heavy atom. The van der Waals surface area contributed by atoms with Gasteiger partial charge in [0.15, 0.2) is 0 Å². The molecule has 0 fully saturated rings. The Hall–Kier alpha value is -0.900. The van der Waals surface area contributed by atoms with Crippen LogP contribution in [0.15, 0.2) is 27.8 Å². The maximum Gasteiger partial charge on any atom is 0.354 e. The smallest absolute Gasteiger partial charge is 0.354 e. The summed E-state index contributed by atoms with van der Waals surface area (Å²) >= 11 is 3.16. The average molecular weight is 230 g/mol. The van der Waals surface area contributed by atoms with Crippen molar-refractivity contribution >= 4 is 27.6 Å². The van der Waals surface area contributed by atoms with Gasteiger partial charge in [-0.15, -0.1) is 0 Å². The second kappa shape index (κ2) is 3.67. The molecule has 0 bridgehead atoms. The normalized spacial score (nSPS) is 22.7. The topological polar surface area (TPSA) is 49.7 Å². The lowest BCUT2D eigenvalue weighted by Crippen LogP contribution is -2.09. The molecule has 0 radical (unpaired) electrons. The number of hydrogen-bond acceptors (Lipinski definition) is 2.